The van der Waals surface area contributed by atoms with Gasteiger partial charge >= 0.3 is 0 Å². The Hall–Kier alpha value is -1.69. The number of amides is 1. The average molecular weight is 317 g/mol. The van der Waals surface area contributed by atoms with Gasteiger partial charge in [-0.15, -0.1) is 11.6 Å². The molecule has 0 unspecified atom stereocenters. The van der Waals surface area contributed by atoms with Crippen LogP contribution in [0.25, 0.3) is 0 Å². The maximum absolute atomic E-state index is 13.7. The van der Waals surface area contributed by atoms with Gasteiger partial charge in [0.15, 0.2) is 0 Å². The fourth-order valence-electron chi connectivity index (χ4n) is 1.85. The first-order valence-corrected chi connectivity index (χ1v) is 7.08. The lowest BCUT2D eigenvalue weighted by Gasteiger charge is -2.24. The molecule has 116 valence electrons. The molecule has 0 aliphatic carbocycles. The molecule has 0 radical (unpaired) electrons. The molecule has 0 aliphatic heterocycles. The molecule has 1 rings (SSSR count). The highest BCUT2D eigenvalue weighted by atomic mass is 35.5. The number of nitro benzene ring substituents is 1. The molecule has 1 aromatic rings. The van der Waals surface area contributed by atoms with E-state index in [-0.39, 0.29) is 16.7 Å². The van der Waals surface area contributed by atoms with Crippen molar-refractivity contribution in [3.8, 4) is 0 Å². The van der Waals surface area contributed by atoms with Crippen LogP contribution in [0, 0.1) is 21.3 Å². The number of carbonyl (C=O) groups excluding carboxylic acids is 1. The van der Waals surface area contributed by atoms with Crippen molar-refractivity contribution in [2.45, 2.75) is 26.7 Å². The topological polar surface area (TPSA) is 72.2 Å². The number of hydrogen-bond donors (Lipinski definition) is 1. The van der Waals surface area contributed by atoms with E-state index in [0.29, 0.717) is 12.4 Å². The zero-order chi connectivity index (χ0) is 16.0. The first kappa shape index (κ1) is 17.4. The van der Waals surface area contributed by atoms with Gasteiger partial charge in [0.25, 0.3) is 11.6 Å². The van der Waals surface area contributed by atoms with E-state index in [9.17, 15) is 19.3 Å². The van der Waals surface area contributed by atoms with Crippen LogP contribution in [0.3, 0.4) is 0 Å². The van der Waals surface area contributed by atoms with Crippen molar-refractivity contribution in [2.75, 3.05) is 12.4 Å². The number of benzene rings is 1. The Bertz CT molecular complexity index is 535. The molecule has 1 N–H and O–H groups in total. The van der Waals surface area contributed by atoms with Crippen LogP contribution in [-0.4, -0.2) is 23.3 Å². The highest BCUT2D eigenvalue weighted by Crippen LogP contribution is 2.22. The van der Waals surface area contributed by atoms with E-state index in [2.05, 4.69) is 5.32 Å². The number of carbonyl (C=O) groups is 1. The van der Waals surface area contributed by atoms with Crippen LogP contribution in [-0.2, 0) is 0 Å². The first-order valence-electron chi connectivity index (χ1n) is 6.55. The van der Waals surface area contributed by atoms with Crippen LogP contribution in [0.4, 0.5) is 10.1 Å². The molecule has 7 heteroatoms. The number of nitro groups is 1. The van der Waals surface area contributed by atoms with Crippen LogP contribution < -0.4 is 5.32 Å². The number of alkyl halides is 1. The second-order valence-corrected chi connectivity index (χ2v) is 5.94. The van der Waals surface area contributed by atoms with Crippen LogP contribution in [0.5, 0.6) is 0 Å². The number of hydrogen-bond acceptors (Lipinski definition) is 3. The van der Waals surface area contributed by atoms with Crippen LogP contribution in [0.2, 0.25) is 0 Å². The molecule has 21 heavy (non-hydrogen) atoms. The minimum Gasteiger partial charge on any atom is -0.351 e. The lowest BCUT2D eigenvalue weighted by molar-refractivity contribution is -0.385. The van der Waals surface area contributed by atoms with Gasteiger partial charge in [-0.1, -0.05) is 13.8 Å². The van der Waals surface area contributed by atoms with E-state index < -0.39 is 16.6 Å². The Morgan fingerprint density at radius 2 is 2.14 bits per heavy atom. The second-order valence-electron chi connectivity index (χ2n) is 5.56. The van der Waals surface area contributed by atoms with Crippen molar-refractivity contribution in [3.63, 3.8) is 0 Å². The molecular weight excluding hydrogens is 299 g/mol. The summed E-state index contributed by atoms with van der Waals surface area (Å²) in [5.41, 5.74) is -0.734. The molecule has 5 nitrogen and oxygen atoms in total. The summed E-state index contributed by atoms with van der Waals surface area (Å²) >= 11 is 5.64. The number of rotatable bonds is 7. The van der Waals surface area contributed by atoms with Crippen molar-refractivity contribution >= 4 is 23.2 Å². The molecule has 0 bridgehead atoms. The zero-order valence-electron chi connectivity index (χ0n) is 12.0. The summed E-state index contributed by atoms with van der Waals surface area (Å²) in [6.45, 7) is 4.33. The molecule has 0 aliphatic rings. The molecule has 1 amide bonds. The van der Waals surface area contributed by atoms with Crippen LogP contribution in [0.1, 0.15) is 37.0 Å². The normalized spacial score (nSPS) is 11.2. The predicted molar refractivity (Wildman–Crippen MR) is 79.1 cm³/mol. The molecule has 1 aromatic carbocycles. The van der Waals surface area contributed by atoms with E-state index in [1.807, 2.05) is 13.8 Å². The highest BCUT2D eigenvalue weighted by Gasteiger charge is 2.21. The Kier molecular flexibility index (Phi) is 6.08. The number of halogens is 2. The van der Waals surface area contributed by atoms with Gasteiger partial charge in [0, 0.05) is 18.5 Å². The van der Waals surface area contributed by atoms with Crippen molar-refractivity contribution in [3.05, 3.63) is 39.7 Å². The lowest BCUT2D eigenvalue weighted by atomic mass is 9.88. The van der Waals surface area contributed by atoms with Crippen molar-refractivity contribution in [1.82, 2.24) is 5.32 Å². The van der Waals surface area contributed by atoms with Gasteiger partial charge in [0.2, 0.25) is 0 Å². The Labute approximate surface area is 127 Å². The quantitative estimate of drug-likeness (QED) is 0.475. The second kappa shape index (κ2) is 7.36. The van der Waals surface area contributed by atoms with E-state index in [0.717, 1.165) is 31.0 Å². The van der Waals surface area contributed by atoms with E-state index in [1.54, 1.807) is 0 Å². The average Bonchev–Trinajstić information content (AvgIpc) is 2.42. The van der Waals surface area contributed by atoms with Gasteiger partial charge in [0.05, 0.1) is 16.6 Å². The molecule has 0 spiro atoms. The summed E-state index contributed by atoms with van der Waals surface area (Å²) in [5, 5.41) is 13.2. The van der Waals surface area contributed by atoms with Crippen molar-refractivity contribution < 1.29 is 14.1 Å². The summed E-state index contributed by atoms with van der Waals surface area (Å²) in [7, 11) is 0. The monoisotopic (exact) mass is 316 g/mol. The molecule has 0 aromatic heterocycles. The maximum atomic E-state index is 13.7. The van der Waals surface area contributed by atoms with Gasteiger partial charge in [0.1, 0.15) is 5.82 Å². The van der Waals surface area contributed by atoms with E-state index >= 15 is 0 Å². The zero-order valence-corrected chi connectivity index (χ0v) is 12.7. The Morgan fingerprint density at radius 1 is 1.48 bits per heavy atom. The fraction of sp³-hybridized carbons (Fsp3) is 0.500. The molecule has 0 fully saturated rings. The fourth-order valence-corrected chi connectivity index (χ4v) is 1.98. The van der Waals surface area contributed by atoms with Crippen LogP contribution >= 0.6 is 11.6 Å². The summed E-state index contributed by atoms with van der Waals surface area (Å²) in [4.78, 5) is 21.7. The highest BCUT2D eigenvalue weighted by molar-refractivity contribution is 6.17. The smallest absolute Gasteiger partial charge is 0.272 e. The third-order valence-corrected chi connectivity index (χ3v) is 3.39. The number of nitrogens with zero attached hydrogens (tertiary/aromatic N) is 1. The summed E-state index contributed by atoms with van der Waals surface area (Å²) in [6, 6.07) is 2.97. The molecular formula is C14H18ClFN2O3. The van der Waals surface area contributed by atoms with Gasteiger partial charge in [-0.2, -0.15) is 0 Å². The minimum absolute atomic E-state index is 0.151. The number of nitrogens with one attached hydrogen (secondary N) is 1. The lowest BCUT2D eigenvalue weighted by Crippen LogP contribution is -2.34. The minimum atomic E-state index is -0.903. The molecule has 0 heterocycles. The third kappa shape index (κ3) is 5.30. The van der Waals surface area contributed by atoms with Gasteiger partial charge in [-0.3, -0.25) is 14.9 Å². The summed E-state index contributed by atoms with van der Waals surface area (Å²) in [6.07, 6.45) is 1.66. The van der Waals surface area contributed by atoms with E-state index in [1.165, 1.54) is 0 Å². The van der Waals surface area contributed by atoms with E-state index in [4.69, 9.17) is 11.6 Å². The maximum Gasteiger partial charge on any atom is 0.272 e. The predicted octanol–water partition coefficient (Wildman–Crippen LogP) is 3.51. The summed E-state index contributed by atoms with van der Waals surface area (Å²) < 4.78 is 13.7. The third-order valence-electron chi connectivity index (χ3n) is 3.12. The Morgan fingerprint density at radius 3 is 2.67 bits per heavy atom. The van der Waals surface area contributed by atoms with Gasteiger partial charge in [-0.05, 0) is 24.3 Å². The SMILES string of the molecule is CC(C)(CCCCl)CNC(=O)c1ccc([N+](=O)[O-])cc1F. The molecule has 0 saturated carbocycles. The van der Waals surface area contributed by atoms with Crippen molar-refractivity contribution in [1.29, 1.82) is 0 Å². The standard InChI is InChI=1S/C14H18ClFN2O3/c1-14(2,6-3-7-15)9-17-13(19)11-5-4-10(18(20)21)8-12(11)16/h4-5,8H,3,6-7,9H2,1-2H3,(H,17,19). The number of non-ortho nitro benzene ring substituents is 1. The Balaban J connectivity index is 2.70. The van der Waals surface area contributed by atoms with Crippen molar-refractivity contribution in [2.24, 2.45) is 5.41 Å². The molecule has 0 saturated heterocycles. The van der Waals surface area contributed by atoms with Crippen LogP contribution in [0.15, 0.2) is 18.2 Å². The van der Waals surface area contributed by atoms with Gasteiger partial charge in [-0.25, -0.2) is 4.39 Å². The first-order chi connectivity index (χ1) is 9.76. The largest absolute Gasteiger partial charge is 0.351 e. The molecule has 0 atom stereocenters. The summed E-state index contributed by atoms with van der Waals surface area (Å²) in [5.74, 6) is -0.935. The van der Waals surface area contributed by atoms with Gasteiger partial charge < -0.3 is 5.32 Å².